The normalized spacial score (nSPS) is 12.3. The van der Waals surface area contributed by atoms with Gasteiger partial charge in [-0.15, -0.1) is 11.3 Å². The molecule has 5 nitrogen and oxygen atoms in total. The van der Waals surface area contributed by atoms with E-state index in [1.165, 1.54) is 4.88 Å². The zero-order valence-corrected chi connectivity index (χ0v) is 14.1. The fourth-order valence-corrected chi connectivity index (χ4v) is 3.42. The highest BCUT2D eigenvalue weighted by Crippen LogP contribution is 2.30. The van der Waals surface area contributed by atoms with Crippen LogP contribution in [0.15, 0.2) is 40.8 Å². The molecule has 0 amide bonds. The number of hydrogen-bond acceptors (Lipinski definition) is 5. The van der Waals surface area contributed by atoms with Gasteiger partial charge in [0.2, 0.25) is 0 Å². The zero-order valence-electron chi connectivity index (χ0n) is 13.3. The highest BCUT2D eigenvalue weighted by molar-refractivity contribution is 7.09. The van der Waals surface area contributed by atoms with Crippen LogP contribution < -0.4 is 15.0 Å². The second-order valence-electron chi connectivity index (χ2n) is 5.31. The lowest BCUT2D eigenvalue weighted by Crippen LogP contribution is -2.24. The van der Waals surface area contributed by atoms with Gasteiger partial charge in [0.15, 0.2) is 11.5 Å². The predicted molar refractivity (Wildman–Crippen MR) is 91.8 cm³/mol. The maximum atomic E-state index is 12.8. The highest BCUT2D eigenvalue weighted by Gasteiger charge is 2.14. The van der Waals surface area contributed by atoms with Crippen LogP contribution in [-0.2, 0) is 6.42 Å². The lowest BCUT2D eigenvalue weighted by molar-refractivity contribution is 0.355. The number of nitrogens with zero attached hydrogens (tertiary/aromatic N) is 2. The van der Waals surface area contributed by atoms with Crippen molar-refractivity contribution < 1.29 is 9.47 Å². The number of methoxy groups -OCH3 is 2. The van der Waals surface area contributed by atoms with E-state index in [-0.39, 0.29) is 11.6 Å². The Morgan fingerprint density at radius 3 is 2.65 bits per heavy atom. The molecule has 0 radical (unpaired) electrons. The Kier molecular flexibility index (Phi) is 4.34. The molecule has 0 spiro atoms. The first-order valence-corrected chi connectivity index (χ1v) is 8.17. The fraction of sp³-hybridized carbons (Fsp3) is 0.294. The van der Waals surface area contributed by atoms with Crippen molar-refractivity contribution in [3.05, 3.63) is 51.2 Å². The maximum Gasteiger partial charge on any atom is 0.261 e. The highest BCUT2D eigenvalue weighted by atomic mass is 32.1. The minimum Gasteiger partial charge on any atom is -0.493 e. The van der Waals surface area contributed by atoms with Crippen LogP contribution in [0.3, 0.4) is 0 Å². The van der Waals surface area contributed by atoms with Crippen LogP contribution in [0.4, 0.5) is 0 Å². The predicted octanol–water partition coefficient (Wildman–Crippen LogP) is 3.28. The number of hydrogen-bond donors (Lipinski definition) is 0. The van der Waals surface area contributed by atoms with Crippen LogP contribution in [0.5, 0.6) is 11.5 Å². The second kappa shape index (κ2) is 6.42. The summed E-state index contributed by atoms with van der Waals surface area (Å²) in [6, 6.07) is 7.55. The van der Waals surface area contributed by atoms with Gasteiger partial charge in [-0.1, -0.05) is 6.07 Å². The molecule has 0 N–H and O–H groups in total. The summed E-state index contributed by atoms with van der Waals surface area (Å²) >= 11 is 1.69. The van der Waals surface area contributed by atoms with Crippen molar-refractivity contribution >= 4 is 22.2 Å². The van der Waals surface area contributed by atoms with Crippen molar-refractivity contribution in [2.24, 2.45) is 0 Å². The van der Waals surface area contributed by atoms with Gasteiger partial charge in [-0.2, -0.15) is 0 Å². The summed E-state index contributed by atoms with van der Waals surface area (Å²) in [5.74, 6) is 1.10. The molecule has 2 heterocycles. The van der Waals surface area contributed by atoms with E-state index >= 15 is 0 Å². The van der Waals surface area contributed by atoms with Gasteiger partial charge in [-0.05, 0) is 24.4 Å². The van der Waals surface area contributed by atoms with Crippen molar-refractivity contribution in [1.29, 1.82) is 0 Å². The third-order valence-corrected chi connectivity index (χ3v) is 4.74. The molecule has 0 fully saturated rings. The number of fused-ring (bicyclic) bond motifs is 1. The standard InChI is InChI=1S/C17H18N2O3S/c1-11(7-12-5-4-6-23-12)19-10-18-14-9-16(22-3)15(21-2)8-13(14)17(19)20/h4-6,8-11H,7H2,1-3H3. The smallest absolute Gasteiger partial charge is 0.261 e. The molecule has 0 aliphatic carbocycles. The lowest BCUT2D eigenvalue weighted by atomic mass is 10.2. The van der Waals surface area contributed by atoms with Gasteiger partial charge >= 0.3 is 0 Å². The van der Waals surface area contributed by atoms with Crippen molar-refractivity contribution in [2.75, 3.05) is 14.2 Å². The largest absolute Gasteiger partial charge is 0.493 e. The summed E-state index contributed by atoms with van der Waals surface area (Å²) < 4.78 is 12.2. The van der Waals surface area contributed by atoms with Crippen molar-refractivity contribution in [3.8, 4) is 11.5 Å². The first-order valence-electron chi connectivity index (χ1n) is 7.29. The van der Waals surface area contributed by atoms with Crippen molar-refractivity contribution in [1.82, 2.24) is 9.55 Å². The van der Waals surface area contributed by atoms with E-state index in [9.17, 15) is 4.79 Å². The van der Waals surface area contributed by atoms with Crippen LogP contribution in [0.2, 0.25) is 0 Å². The van der Waals surface area contributed by atoms with E-state index in [1.54, 1.807) is 48.6 Å². The Hall–Kier alpha value is -2.34. The van der Waals surface area contributed by atoms with Crippen molar-refractivity contribution in [2.45, 2.75) is 19.4 Å². The van der Waals surface area contributed by atoms with Crippen LogP contribution in [-0.4, -0.2) is 23.8 Å². The Morgan fingerprint density at radius 1 is 1.26 bits per heavy atom. The van der Waals surface area contributed by atoms with Gasteiger partial charge in [-0.3, -0.25) is 9.36 Å². The molecule has 1 unspecified atom stereocenters. The average Bonchev–Trinajstić information content (AvgIpc) is 3.06. The number of aromatic nitrogens is 2. The first-order chi connectivity index (χ1) is 11.1. The zero-order chi connectivity index (χ0) is 16.4. The Bertz CT molecular complexity index is 871. The van der Waals surface area contributed by atoms with Crippen LogP contribution in [0.1, 0.15) is 17.8 Å². The van der Waals surface area contributed by atoms with Gasteiger partial charge in [0.05, 0.1) is 31.4 Å². The van der Waals surface area contributed by atoms with E-state index in [0.717, 1.165) is 6.42 Å². The molecule has 1 atom stereocenters. The second-order valence-corrected chi connectivity index (χ2v) is 6.35. The van der Waals surface area contributed by atoms with Gasteiger partial charge in [-0.25, -0.2) is 4.98 Å². The van der Waals surface area contributed by atoms with E-state index in [4.69, 9.17) is 9.47 Å². The molecule has 120 valence electrons. The molecule has 0 saturated carbocycles. The van der Waals surface area contributed by atoms with Gasteiger partial charge in [0, 0.05) is 23.4 Å². The third kappa shape index (κ3) is 2.94. The molecule has 6 heteroatoms. The number of benzene rings is 1. The monoisotopic (exact) mass is 330 g/mol. The molecule has 1 aromatic carbocycles. The Labute approximate surface area is 138 Å². The summed E-state index contributed by atoms with van der Waals surface area (Å²) in [7, 11) is 3.12. The van der Waals surface area contributed by atoms with Gasteiger partial charge in [0.1, 0.15) is 0 Å². The minimum atomic E-state index is -0.0694. The summed E-state index contributed by atoms with van der Waals surface area (Å²) in [6.07, 6.45) is 2.41. The van der Waals surface area contributed by atoms with E-state index in [1.807, 2.05) is 18.4 Å². The summed E-state index contributed by atoms with van der Waals surface area (Å²) in [5.41, 5.74) is 0.534. The van der Waals surface area contributed by atoms with Gasteiger partial charge in [0.25, 0.3) is 5.56 Å². The molecule has 0 aliphatic rings. The summed E-state index contributed by atoms with van der Waals surface area (Å²) in [6.45, 7) is 2.02. The molecule has 0 saturated heterocycles. The quantitative estimate of drug-likeness (QED) is 0.720. The molecular weight excluding hydrogens is 312 g/mol. The maximum absolute atomic E-state index is 12.8. The number of thiophene rings is 1. The van der Waals surface area contributed by atoms with Crippen molar-refractivity contribution in [3.63, 3.8) is 0 Å². The number of ether oxygens (including phenoxy) is 2. The molecule has 2 aromatic heterocycles. The molecule has 0 aliphatic heterocycles. The first kappa shape index (κ1) is 15.6. The Morgan fingerprint density at radius 2 is 2.00 bits per heavy atom. The van der Waals surface area contributed by atoms with Gasteiger partial charge < -0.3 is 9.47 Å². The molecule has 0 bridgehead atoms. The fourth-order valence-electron chi connectivity index (χ4n) is 2.59. The minimum absolute atomic E-state index is 0.0335. The number of rotatable bonds is 5. The van der Waals surface area contributed by atoms with E-state index in [0.29, 0.717) is 22.4 Å². The van der Waals surface area contributed by atoms with E-state index in [2.05, 4.69) is 11.1 Å². The molecule has 23 heavy (non-hydrogen) atoms. The van der Waals surface area contributed by atoms with Crippen LogP contribution in [0.25, 0.3) is 10.9 Å². The topological polar surface area (TPSA) is 53.4 Å². The van der Waals surface area contributed by atoms with Crippen LogP contribution >= 0.6 is 11.3 Å². The van der Waals surface area contributed by atoms with E-state index < -0.39 is 0 Å². The summed E-state index contributed by atoms with van der Waals surface area (Å²) in [4.78, 5) is 18.5. The SMILES string of the molecule is COc1cc2ncn(C(C)Cc3cccs3)c(=O)c2cc1OC. The lowest BCUT2D eigenvalue weighted by Gasteiger charge is -2.15. The summed E-state index contributed by atoms with van der Waals surface area (Å²) in [5, 5.41) is 2.57. The van der Waals surface area contributed by atoms with Crippen LogP contribution in [0, 0.1) is 0 Å². The third-order valence-electron chi connectivity index (χ3n) is 3.84. The molecular formula is C17H18N2O3S. The molecule has 3 rings (SSSR count). The molecule has 3 aromatic rings. The Balaban J connectivity index is 2.05. The average molecular weight is 330 g/mol.